The van der Waals surface area contributed by atoms with Crippen molar-refractivity contribution in [2.24, 2.45) is 0 Å². The van der Waals surface area contributed by atoms with E-state index in [0.29, 0.717) is 12.1 Å². The SMILES string of the molecule is Cc1nn(-c2ccccc2)c(C)c1CNC(=O)c1cc(S(=O)(=O)N(C)C)ccc1N1CCCC1. The molecule has 1 aromatic heterocycles. The van der Waals surface area contributed by atoms with Crippen LogP contribution in [0.15, 0.2) is 53.4 Å². The van der Waals surface area contributed by atoms with Gasteiger partial charge in [0, 0.05) is 50.7 Å². The average Bonchev–Trinajstić information content (AvgIpc) is 3.46. The van der Waals surface area contributed by atoms with E-state index in [1.165, 1.54) is 20.2 Å². The molecule has 8 nitrogen and oxygen atoms in total. The van der Waals surface area contributed by atoms with Crippen molar-refractivity contribution in [3.8, 4) is 5.69 Å². The molecule has 1 N–H and O–H groups in total. The summed E-state index contributed by atoms with van der Waals surface area (Å²) in [4.78, 5) is 15.6. The number of rotatable bonds is 7. The second-order valence-corrected chi connectivity index (χ2v) is 10.9. The standard InChI is InChI=1S/C25H31N5O3S/c1-18-23(19(2)30(27-18)20-10-6-5-7-11-20)17-26-25(31)22-16-21(34(32,33)28(3)4)12-13-24(22)29-14-8-9-15-29/h5-7,10-13,16H,8-9,14-15,17H2,1-4H3,(H,26,31). The van der Waals surface area contributed by atoms with Crippen LogP contribution in [0.2, 0.25) is 0 Å². The number of amides is 1. The third-order valence-corrected chi connectivity index (χ3v) is 8.12. The van der Waals surface area contributed by atoms with Crippen LogP contribution in [-0.4, -0.2) is 55.6 Å². The maximum atomic E-state index is 13.4. The minimum Gasteiger partial charge on any atom is -0.371 e. The van der Waals surface area contributed by atoms with Gasteiger partial charge in [0.2, 0.25) is 10.0 Å². The third kappa shape index (κ3) is 4.58. The molecule has 1 saturated heterocycles. The Morgan fingerprint density at radius 3 is 2.38 bits per heavy atom. The highest BCUT2D eigenvalue weighted by Gasteiger charge is 2.25. The molecule has 0 aliphatic carbocycles. The molecule has 0 unspecified atom stereocenters. The molecule has 1 aliphatic rings. The molecule has 3 aromatic rings. The second kappa shape index (κ2) is 9.60. The van der Waals surface area contributed by atoms with E-state index in [0.717, 1.165) is 58.6 Å². The molecule has 0 radical (unpaired) electrons. The maximum Gasteiger partial charge on any atom is 0.253 e. The van der Waals surface area contributed by atoms with Crippen LogP contribution in [0.4, 0.5) is 5.69 Å². The van der Waals surface area contributed by atoms with E-state index in [1.807, 2.05) is 48.9 Å². The molecule has 34 heavy (non-hydrogen) atoms. The quantitative estimate of drug-likeness (QED) is 0.560. The highest BCUT2D eigenvalue weighted by atomic mass is 32.2. The van der Waals surface area contributed by atoms with E-state index >= 15 is 0 Å². The fourth-order valence-corrected chi connectivity index (χ4v) is 5.25. The van der Waals surface area contributed by atoms with Crippen molar-refractivity contribution in [2.75, 3.05) is 32.1 Å². The normalized spacial score (nSPS) is 14.1. The van der Waals surface area contributed by atoms with Gasteiger partial charge in [0.1, 0.15) is 0 Å². The molecule has 4 rings (SSSR count). The number of para-hydroxylation sites is 1. The summed E-state index contributed by atoms with van der Waals surface area (Å²) < 4.78 is 28.5. The Kier molecular flexibility index (Phi) is 6.77. The fraction of sp³-hybridized carbons (Fsp3) is 0.360. The first kappa shape index (κ1) is 24.0. The molecule has 1 amide bonds. The number of anilines is 1. The Bertz CT molecular complexity index is 1290. The Hall–Kier alpha value is -3.17. The molecule has 1 aliphatic heterocycles. The summed E-state index contributed by atoms with van der Waals surface area (Å²) >= 11 is 0. The Morgan fingerprint density at radius 1 is 1.06 bits per heavy atom. The Morgan fingerprint density at radius 2 is 1.74 bits per heavy atom. The van der Waals surface area contributed by atoms with Crippen LogP contribution in [-0.2, 0) is 16.6 Å². The number of nitrogens with zero attached hydrogens (tertiary/aromatic N) is 4. The van der Waals surface area contributed by atoms with Gasteiger partial charge in [-0.3, -0.25) is 4.79 Å². The number of aryl methyl sites for hydroxylation is 1. The zero-order chi connectivity index (χ0) is 24.5. The second-order valence-electron chi connectivity index (χ2n) is 8.74. The molecule has 0 saturated carbocycles. The van der Waals surface area contributed by atoms with Gasteiger partial charge >= 0.3 is 0 Å². The summed E-state index contributed by atoms with van der Waals surface area (Å²) in [6, 6.07) is 14.7. The lowest BCUT2D eigenvalue weighted by atomic mass is 10.1. The molecule has 0 spiro atoms. The first-order chi connectivity index (χ1) is 16.2. The largest absolute Gasteiger partial charge is 0.371 e. The number of carbonyl (C=O) groups excluding carboxylic acids is 1. The van der Waals surface area contributed by atoms with Crippen LogP contribution in [0.1, 0.15) is 40.2 Å². The first-order valence-corrected chi connectivity index (χ1v) is 12.8. The van der Waals surface area contributed by atoms with Crippen LogP contribution >= 0.6 is 0 Å². The van der Waals surface area contributed by atoms with Gasteiger partial charge in [-0.1, -0.05) is 18.2 Å². The lowest BCUT2D eigenvalue weighted by Gasteiger charge is -2.22. The predicted octanol–water partition coefficient (Wildman–Crippen LogP) is 3.27. The molecular formula is C25H31N5O3S. The summed E-state index contributed by atoms with van der Waals surface area (Å²) in [6.45, 7) is 5.90. The Labute approximate surface area is 201 Å². The number of sulfonamides is 1. The monoisotopic (exact) mass is 481 g/mol. The van der Waals surface area contributed by atoms with Gasteiger partial charge in [-0.15, -0.1) is 0 Å². The van der Waals surface area contributed by atoms with Gasteiger partial charge in [-0.25, -0.2) is 17.4 Å². The van der Waals surface area contributed by atoms with Gasteiger partial charge < -0.3 is 10.2 Å². The van der Waals surface area contributed by atoms with E-state index in [-0.39, 0.29) is 10.8 Å². The summed E-state index contributed by atoms with van der Waals surface area (Å²) in [5.41, 5.74) is 4.82. The zero-order valence-corrected chi connectivity index (χ0v) is 20.9. The molecule has 2 heterocycles. The molecule has 180 valence electrons. The van der Waals surface area contributed by atoms with E-state index in [9.17, 15) is 13.2 Å². The van der Waals surface area contributed by atoms with Crippen molar-refractivity contribution in [1.29, 1.82) is 0 Å². The number of nitrogens with one attached hydrogen (secondary N) is 1. The van der Waals surface area contributed by atoms with E-state index < -0.39 is 10.0 Å². The highest BCUT2D eigenvalue weighted by molar-refractivity contribution is 7.89. The predicted molar refractivity (Wildman–Crippen MR) is 133 cm³/mol. The van der Waals surface area contributed by atoms with Gasteiger partial charge in [0.15, 0.2) is 0 Å². The molecule has 1 fully saturated rings. The van der Waals surface area contributed by atoms with Crippen LogP contribution in [0, 0.1) is 13.8 Å². The Balaban J connectivity index is 1.63. The zero-order valence-electron chi connectivity index (χ0n) is 20.1. The van der Waals surface area contributed by atoms with Crippen LogP contribution in [0.3, 0.4) is 0 Å². The minimum atomic E-state index is -3.66. The summed E-state index contributed by atoms with van der Waals surface area (Å²) in [5.74, 6) is -0.302. The number of carbonyl (C=O) groups is 1. The first-order valence-electron chi connectivity index (χ1n) is 11.4. The number of aromatic nitrogens is 2. The highest BCUT2D eigenvalue weighted by Crippen LogP contribution is 2.28. The fourth-order valence-electron chi connectivity index (χ4n) is 4.32. The van der Waals surface area contributed by atoms with E-state index in [4.69, 9.17) is 0 Å². The van der Waals surface area contributed by atoms with E-state index in [2.05, 4.69) is 15.3 Å². The van der Waals surface area contributed by atoms with Gasteiger partial charge in [0.05, 0.1) is 21.8 Å². The third-order valence-electron chi connectivity index (χ3n) is 6.31. The van der Waals surface area contributed by atoms with Crippen molar-refractivity contribution < 1.29 is 13.2 Å². The van der Waals surface area contributed by atoms with Crippen LogP contribution in [0.5, 0.6) is 0 Å². The molecule has 0 bridgehead atoms. The number of benzene rings is 2. The maximum absolute atomic E-state index is 13.4. The van der Waals surface area contributed by atoms with Gasteiger partial charge in [-0.05, 0) is 57.0 Å². The average molecular weight is 482 g/mol. The number of hydrogen-bond acceptors (Lipinski definition) is 5. The van der Waals surface area contributed by atoms with Gasteiger partial charge in [0.25, 0.3) is 5.91 Å². The van der Waals surface area contributed by atoms with Crippen molar-refractivity contribution >= 4 is 21.6 Å². The van der Waals surface area contributed by atoms with Crippen LogP contribution < -0.4 is 10.2 Å². The molecule has 9 heteroatoms. The molecule has 2 aromatic carbocycles. The van der Waals surface area contributed by atoms with Crippen molar-refractivity contribution in [3.63, 3.8) is 0 Å². The summed E-state index contributed by atoms with van der Waals surface area (Å²) in [6.07, 6.45) is 2.10. The smallest absolute Gasteiger partial charge is 0.253 e. The number of hydrogen-bond donors (Lipinski definition) is 1. The lowest BCUT2D eigenvalue weighted by molar-refractivity contribution is 0.0951. The lowest BCUT2D eigenvalue weighted by Crippen LogP contribution is -2.29. The van der Waals surface area contributed by atoms with Crippen molar-refractivity contribution in [3.05, 3.63) is 71.0 Å². The van der Waals surface area contributed by atoms with Crippen LogP contribution in [0.25, 0.3) is 5.69 Å². The van der Waals surface area contributed by atoms with E-state index in [1.54, 1.807) is 12.1 Å². The summed E-state index contributed by atoms with van der Waals surface area (Å²) in [5, 5.41) is 7.66. The summed E-state index contributed by atoms with van der Waals surface area (Å²) in [7, 11) is -0.689. The minimum absolute atomic E-state index is 0.106. The topological polar surface area (TPSA) is 87.5 Å². The van der Waals surface area contributed by atoms with Crippen molar-refractivity contribution in [1.82, 2.24) is 19.4 Å². The van der Waals surface area contributed by atoms with Crippen molar-refractivity contribution in [2.45, 2.75) is 38.1 Å². The molecular weight excluding hydrogens is 450 g/mol. The van der Waals surface area contributed by atoms with Gasteiger partial charge in [-0.2, -0.15) is 5.10 Å². The molecule has 0 atom stereocenters.